The standard InChI is InChI=1S/C18H24N2O3/c21-16(11-23-17-3-1-2-4-20(17)22)19-12-18-8-13-5-14(9-18)7-15(6-13)10-18/h1-4,13-15H,5-12H2,(H,19,21). The van der Waals surface area contributed by atoms with E-state index >= 15 is 0 Å². The van der Waals surface area contributed by atoms with Gasteiger partial charge in [0.25, 0.3) is 5.91 Å². The van der Waals surface area contributed by atoms with Gasteiger partial charge in [0.15, 0.2) is 12.8 Å². The van der Waals surface area contributed by atoms with E-state index in [2.05, 4.69) is 5.32 Å². The van der Waals surface area contributed by atoms with Crippen molar-refractivity contribution < 1.29 is 14.3 Å². The van der Waals surface area contributed by atoms with E-state index in [0.717, 1.165) is 24.3 Å². The Bertz CT molecular complexity index is 566. The Morgan fingerprint density at radius 3 is 2.48 bits per heavy atom. The van der Waals surface area contributed by atoms with Gasteiger partial charge >= 0.3 is 5.88 Å². The Morgan fingerprint density at radius 2 is 1.87 bits per heavy atom. The van der Waals surface area contributed by atoms with Crippen LogP contribution in [0.1, 0.15) is 38.5 Å². The lowest BCUT2D eigenvalue weighted by atomic mass is 9.49. The van der Waals surface area contributed by atoms with E-state index < -0.39 is 0 Å². The molecule has 5 nitrogen and oxygen atoms in total. The Hall–Kier alpha value is -1.78. The second-order valence-corrected chi connectivity index (χ2v) is 7.85. The van der Waals surface area contributed by atoms with Gasteiger partial charge in [-0.3, -0.25) is 4.79 Å². The largest absolute Gasteiger partial charge is 0.616 e. The third kappa shape index (κ3) is 3.01. The summed E-state index contributed by atoms with van der Waals surface area (Å²) < 4.78 is 5.94. The monoisotopic (exact) mass is 316 g/mol. The first kappa shape index (κ1) is 14.8. The maximum Gasteiger partial charge on any atom is 0.379 e. The molecule has 1 aromatic rings. The quantitative estimate of drug-likeness (QED) is 0.668. The molecule has 4 aliphatic carbocycles. The maximum atomic E-state index is 12.1. The minimum absolute atomic E-state index is 0.0986. The van der Waals surface area contributed by atoms with Gasteiger partial charge in [0.05, 0.1) is 6.07 Å². The molecule has 4 saturated carbocycles. The number of aromatic nitrogens is 1. The fraction of sp³-hybridized carbons (Fsp3) is 0.667. The summed E-state index contributed by atoms with van der Waals surface area (Å²) in [5, 5.41) is 14.5. The van der Waals surface area contributed by atoms with Crippen molar-refractivity contribution in [3.63, 3.8) is 0 Å². The van der Waals surface area contributed by atoms with Crippen LogP contribution in [0.3, 0.4) is 0 Å². The zero-order valence-electron chi connectivity index (χ0n) is 13.4. The van der Waals surface area contributed by atoms with Gasteiger partial charge in [-0.25, -0.2) is 0 Å². The van der Waals surface area contributed by atoms with Gasteiger partial charge in [-0.15, -0.1) is 4.73 Å². The molecule has 0 unspecified atom stereocenters. The number of pyridine rings is 1. The molecular weight excluding hydrogens is 292 g/mol. The Morgan fingerprint density at radius 1 is 1.22 bits per heavy atom. The molecule has 0 saturated heterocycles. The number of hydrogen-bond acceptors (Lipinski definition) is 3. The first-order valence-corrected chi connectivity index (χ1v) is 8.70. The molecule has 4 bridgehead atoms. The Labute approximate surface area is 136 Å². The minimum atomic E-state index is -0.135. The Kier molecular flexibility index (Phi) is 3.66. The van der Waals surface area contributed by atoms with E-state index in [9.17, 15) is 10.0 Å². The van der Waals surface area contributed by atoms with Gasteiger partial charge in [-0.1, -0.05) is 0 Å². The molecule has 23 heavy (non-hydrogen) atoms. The van der Waals surface area contributed by atoms with Crippen LogP contribution in [0.4, 0.5) is 0 Å². The lowest BCUT2D eigenvalue weighted by Crippen LogP contribution is -2.51. The molecule has 1 heterocycles. The molecule has 5 rings (SSSR count). The zero-order valence-corrected chi connectivity index (χ0v) is 13.4. The first-order chi connectivity index (χ1) is 11.1. The summed E-state index contributed by atoms with van der Waals surface area (Å²) in [7, 11) is 0. The van der Waals surface area contributed by atoms with Crippen LogP contribution in [0, 0.1) is 28.4 Å². The predicted molar refractivity (Wildman–Crippen MR) is 84.5 cm³/mol. The van der Waals surface area contributed by atoms with E-state index in [0.29, 0.717) is 10.1 Å². The fourth-order valence-corrected chi connectivity index (χ4v) is 5.51. The highest BCUT2D eigenvalue weighted by Gasteiger charge is 2.50. The molecule has 4 fully saturated rings. The normalized spacial score (nSPS) is 34.3. The molecular formula is C18H24N2O3. The van der Waals surface area contributed by atoms with E-state index in [1.807, 2.05) is 0 Å². The molecule has 5 heteroatoms. The summed E-state index contributed by atoms with van der Waals surface area (Å²) >= 11 is 0. The summed E-state index contributed by atoms with van der Waals surface area (Å²) in [5.74, 6) is 2.69. The topological polar surface area (TPSA) is 65.3 Å². The average Bonchev–Trinajstić information content (AvgIpc) is 2.51. The van der Waals surface area contributed by atoms with Gasteiger partial charge in [0, 0.05) is 12.6 Å². The number of carbonyl (C=O) groups is 1. The van der Waals surface area contributed by atoms with E-state index in [1.165, 1.54) is 44.7 Å². The third-order valence-electron chi connectivity index (χ3n) is 5.97. The van der Waals surface area contributed by atoms with Crippen LogP contribution in [0.5, 0.6) is 5.88 Å². The van der Waals surface area contributed by atoms with Gasteiger partial charge in [-0.05, 0) is 67.8 Å². The number of nitrogens with one attached hydrogen (secondary N) is 1. The van der Waals surface area contributed by atoms with E-state index in [1.54, 1.807) is 18.2 Å². The molecule has 1 amide bonds. The number of hydrogen-bond donors (Lipinski definition) is 1. The summed E-state index contributed by atoms with van der Waals surface area (Å²) in [4.78, 5) is 12.1. The van der Waals surface area contributed by atoms with Gasteiger partial charge in [0.1, 0.15) is 0 Å². The van der Waals surface area contributed by atoms with Crippen molar-refractivity contribution in [1.29, 1.82) is 0 Å². The van der Waals surface area contributed by atoms with Crippen molar-refractivity contribution >= 4 is 5.91 Å². The number of amides is 1. The summed E-state index contributed by atoms with van der Waals surface area (Å²) in [6, 6.07) is 4.92. The summed E-state index contributed by atoms with van der Waals surface area (Å²) in [6.45, 7) is 0.670. The van der Waals surface area contributed by atoms with Crippen molar-refractivity contribution in [3.05, 3.63) is 29.6 Å². The van der Waals surface area contributed by atoms with Crippen molar-refractivity contribution in [2.75, 3.05) is 13.2 Å². The zero-order chi connectivity index (χ0) is 15.9. The molecule has 0 spiro atoms. The van der Waals surface area contributed by atoms with Crippen LogP contribution < -0.4 is 14.8 Å². The highest BCUT2D eigenvalue weighted by Crippen LogP contribution is 2.59. The van der Waals surface area contributed by atoms with Gasteiger partial charge in [-0.2, -0.15) is 0 Å². The van der Waals surface area contributed by atoms with Crippen molar-refractivity contribution in [3.8, 4) is 5.88 Å². The Balaban J connectivity index is 1.29. The molecule has 124 valence electrons. The summed E-state index contributed by atoms with van der Waals surface area (Å²) in [5.41, 5.74) is 0.329. The van der Waals surface area contributed by atoms with Crippen molar-refractivity contribution in [1.82, 2.24) is 5.32 Å². The smallest absolute Gasteiger partial charge is 0.379 e. The average molecular weight is 316 g/mol. The van der Waals surface area contributed by atoms with Crippen molar-refractivity contribution in [2.24, 2.45) is 23.2 Å². The van der Waals surface area contributed by atoms with Crippen LogP contribution >= 0.6 is 0 Å². The first-order valence-electron chi connectivity index (χ1n) is 8.70. The molecule has 0 aromatic carbocycles. The van der Waals surface area contributed by atoms with Crippen LogP contribution in [-0.4, -0.2) is 19.1 Å². The second-order valence-electron chi connectivity index (χ2n) is 7.85. The maximum absolute atomic E-state index is 12.1. The SMILES string of the molecule is O=C(COc1cccc[n+]1[O-])NCC12CC3CC(CC(C3)C1)C2. The molecule has 0 aliphatic heterocycles. The minimum Gasteiger partial charge on any atom is -0.616 e. The lowest BCUT2D eigenvalue weighted by molar-refractivity contribution is -0.612. The van der Waals surface area contributed by atoms with Crippen LogP contribution in [-0.2, 0) is 4.79 Å². The van der Waals surface area contributed by atoms with E-state index in [-0.39, 0.29) is 18.4 Å². The summed E-state index contributed by atoms with van der Waals surface area (Å²) in [6.07, 6.45) is 9.43. The van der Waals surface area contributed by atoms with Crippen LogP contribution in [0.15, 0.2) is 24.4 Å². The number of nitrogens with zero attached hydrogens (tertiary/aromatic N) is 1. The molecule has 4 aliphatic rings. The van der Waals surface area contributed by atoms with Gasteiger partial charge < -0.3 is 15.3 Å². The molecule has 1 aromatic heterocycles. The van der Waals surface area contributed by atoms with E-state index in [4.69, 9.17) is 4.74 Å². The lowest BCUT2D eigenvalue weighted by Gasteiger charge is -2.56. The highest BCUT2D eigenvalue weighted by atomic mass is 16.6. The predicted octanol–water partition coefficient (Wildman–Crippen LogP) is 2.03. The number of rotatable bonds is 5. The highest BCUT2D eigenvalue weighted by molar-refractivity contribution is 5.77. The molecule has 0 radical (unpaired) electrons. The molecule has 0 atom stereocenters. The molecule has 1 N–H and O–H groups in total. The number of ether oxygens (including phenoxy) is 1. The van der Waals surface area contributed by atoms with Gasteiger partial charge in [0.2, 0.25) is 0 Å². The fourth-order valence-electron chi connectivity index (χ4n) is 5.51. The van der Waals surface area contributed by atoms with Crippen LogP contribution in [0.25, 0.3) is 0 Å². The second kappa shape index (κ2) is 5.69. The van der Waals surface area contributed by atoms with Crippen LogP contribution in [0.2, 0.25) is 0 Å². The number of carbonyl (C=O) groups excluding carboxylic acids is 1. The third-order valence-corrected chi connectivity index (χ3v) is 5.97. The van der Waals surface area contributed by atoms with Crippen molar-refractivity contribution in [2.45, 2.75) is 38.5 Å².